The molecule has 1 aliphatic heterocycles. The van der Waals surface area contributed by atoms with E-state index >= 15 is 0 Å². The van der Waals surface area contributed by atoms with Crippen molar-refractivity contribution in [3.63, 3.8) is 0 Å². The Hall–Kier alpha value is -3.20. The Morgan fingerprint density at radius 2 is 1.69 bits per heavy atom. The summed E-state index contributed by atoms with van der Waals surface area (Å²) in [5.41, 5.74) is 1.48. The molecule has 2 N–H and O–H groups in total. The predicted octanol–water partition coefficient (Wildman–Crippen LogP) is 2.02. The van der Waals surface area contributed by atoms with Crippen molar-refractivity contribution >= 4 is 44.1 Å². The number of fused-ring (bicyclic) bond motifs is 1. The van der Waals surface area contributed by atoms with Crippen LogP contribution in [0.4, 0.5) is 11.4 Å². The predicted molar refractivity (Wildman–Crippen MR) is 95.1 cm³/mol. The first-order valence-electron chi connectivity index (χ1n) is 7.86. The number of anilines is 2. The maximum Gasteiger partial charge on any atom is 0.261 e. The summed E-state index contributed by atoms with van der Waals surface area (Å²) in [6.45, 7) is 0. The maximum absolute atomic E-state index is 12.6. The molecule has 0 bridgehead atoms. The van der Waals surface area contributed by atoms with E-state index < -0.39 is 10.0 Å². The van der Waals surface area contributed by atoms with Crippen molar-refractivity contribution in [2.24, 2.45) is 0 Å². The van der Waals surface area contributed by atoms with Gasteiger partial charge in [0.15, 0.2) is 0 Å². The molecule has 0 spiro atoms. The van der Waals surface area contributed by atoms with Gasteiger partial charge in [0.2, 0.25) is 11.8 Å². The largest absolute Gasteiger partial charge is 0.280 e. The molecule has 0 radical (unpaired) electrons. The summed E-state index contributed by atoms with van der Waals surface area (Å²) in [5, 5.41) is 7.55. The SMILES string of the molecule is O=C1CCC(=O)N1c1ccc(S(=O)(=O)Nc2ccc3cn[nH]c3c2)cc1. The molecule has 1 aliphatic rings. The lowest BCUT2D eigenvalue weighted by Gasteiger charge is -2.14. The number of aromatic nitrogens is 2. The van der Waals surface area contributed by atoms with E-state index in [1.807, 2.05) is 0 Å². The van der Waals surface area contributed by atoms with E-state index in [2.05, 4.69) is 14.9 Å². The molecule has 0 aliphatic carbocycles. The Bertz CT molecular complexity index is 1100. The van der Waals surface area contributed by atoms with Crippen molar-refractivity contribution in [2.75, 3.05) is 9.62 Å². The quantitative estimate of drug-likeness (QED) is 0.682. The number of carbonyl (C=O) groups excluding carboxylic acids is 2. The lowest BCUT2D eigenvalue weighted by Crippen LogP contribution is -2.28. The number of nitrogens with zero attached hydrogens (tertiary/aromatic N) is 2. The molecule has 2 aromatic carbocycles. The lowest BCUT2D eigenvalue weighted by atomic mass is 10.2. The van der Waals surface area contributed by atoms with Crippen LogP contribution in [0, 0.1) is 0 Å². The lowest BCUT2D eigenvalue weighted by molar-refractivity contribution is -0.121. The van der Waals surface area contributed by atoms with E-state index in [-0.39, 0.29) is 29.6 Å². The Morgan fingerprint density at radius 3 is 2.38 bits per heavy atom. The Labute approximate surface area is 148 Å². The average molecular weight is 370 g/mol. The first-order valence-corrected chi connectivity index (χ1v) is 9.34. The summed E-state index contributed by atoms with van der Waals surface area (Å²) in [7, 11) is -3.81. The summed E-state index contributed by atoms with van der Waals surface area (Å²) >= 11 is 0. The molecule has 8 nitrogen and oxygen atoms in total. The van der Waals surface area contributed by atoms with Gasteiger partial charge in [0.25, 0.3) is 10.0 Å². The van der Waals surface area contributed by atoms with Crippen LogP contribution in [0.3, 0.4) is 0 Å². The molecule has 0 atom stereocenters. The van der Waals surface area contributed by atoms with Gasteiger partial charge in [0, 0.05) is 18.2 Å². The van der Waals surface area contributed by atoms with Gasteiger partial charge in [0.1, 0.15) is 0 Å². The van der Waals surface area contributed by atoms with Crippen LogP contribution < -0.4 is 9.62 Å². The zero-order chi connectivity index (χ0) is 18.3. The minimum absolute atomic E-state index is 0.0325. The van der Waals surface area contributed by atoms with E-state index in [1.54, 1.807) is 24.4 Å². The van der Waals surface area contributed by atoms with Crippen LogP contribution in [0.25, 0.3) is 10.9 Å². The van der Waals surface area contributed by atoms with Crippen LogP contribution in [0.2, 0.25) is 0 Å². The van der Waals surface area contributed by atoms with Crippen molar-refractivity contribution in [2.45, 2.75) is 17.7 Å². The normalized spacial score (nSPS) is 15.0. The highest BCUT2D eigenvalue weighted by molar-refractivity contribution is 7.92. The number of aromatic amines is 1. The number of sulfonamides is 1. The van der Waals surface area contributed by atoms with Crippen molar-refractivity contribution < 1.29 is 18.0 Å². The van der Waals surface area contributed by atoms with E-state index in [1.165, 1.54) is 24.3 Å². The zero-order valence-corrected chi connectivity index (χ0v) is 14.3. The molecule has 0 saturated carbocycles. The molecule has 1 aromatic heterocycles. The van der Waals surface area contributed by atoms with Gasteiger partial charge in [0.05, 0.1) is 28.0 Å². The number of nitrogens with one attached hydrogen (secondary N) is 2. The number of benzene rings is 2. The van der Waals surface area contributed by atoms with Crippen LogP contribution >= 0.6 is 0 Å². The molecule has 132 valence electrons. The van der Waals surface area contributed by atoms with Gasteiger partial charge in [-0.2, -0.15) is 5.10 Å². The van der Waals surface area contributed by atoms with Crippen LogP contribution in [-0.2, 0) is 19.6 Å². The number of hydrogen-bond donors (Lipinski definition) is 2. The van der Waals surface area contributed by atoms with Gasteiger partial charge >= 0.3 is 0 Å². The van der Waals surface area contributed by atoms with Gasteiger partial charge in [-0.25, -0.2) is 8.42 Å². The molecule has 9 heteroatoms. The second-order valence-electron chi connectivity index (χ2n) is 5.89. The molecule has 4 rings (SSSR count). The summed E-state index contributed by atoms with van der Waals surface area (Å²) < 4.78 is 27.6. The Balaban J connectivity index is 1.59. The van der Waals surface area contributed by atoms with Crippen molar-refractivity contribution in [3.05, 3.63) is 48.7 Å². The first kappa shape index (κ1) is 16.3. The second kappa shape index (κ2) is 5.95. The highest BCUT2D eigenvalue weighted by atomic mass is 32.2. The number of carbonyl (C=O) groups is 2. The zero-order valence-electron chi connectivity index (χ0n) is 13.5. The Morgan fingerprint density at radius 1 is 1.00 bits per heavy atom. The second-order valence-corrected chi connectivity index (χ2v) is 7.58. The van der Waals surface area contributed by atoms with Crippen molar-refractivity contribution in [1.82, 2.24) is 10.2 Å². The van der Waals surface area contributed by atoms with E-state index in [9.17, 15) is 18.0 Å². The standard InChI is InChI=1S/C17H14N4O4S/c22-16-7-8-17(23)21(16)13-3-5-14(6-4-13)26(24,25)20-12-2-1-11-10-18-19-15(11)9-12/h1-6,9-10,20H,7-8H2,(H,18,19). The fourth-order valence-electron chi connectivity index (χ4n) is 2.85. The number of rotatable bonds is 4. The molecule has 3 aromatic rings. The minimum atomic E-state index is -3.81. The fraction of sp³-hybridized carbons (Fsp3) is 0.118. The number of amides is 2. The van der Waals surface area contributed by atoms with Gasteiger partial charge < -0.3 is 0 Å². The highest BCUT2D eigenvalue weighted by Gasteiger charge is 2.30. The van der Waals surface area contributed by atoms with Gasteiger partial charge in [-0.3, -0.25) is 24.3 Å². The maximum atomic E-state index is 12.6. The van der Waals surface area contributed by atoms with E-state index in [0.717, 1.165) is 10.3 Å². The summed E-state index contributed by atoms with van der Waals surface area (Å²) in [4.78, 5) is 24.6. The molecule has 26 heavy (non-hydrogen) atoms. The van der Waals surface area contributed by atoms with Crippen LogP contribution in [0.1, 0.15) is 12.8 Å². The molecular weight excluding hydrogens is 356 g/mol. The molecule has 1 fully saturated rings. The molecular formula is C17H14N4O4S. The van der Waals surface area contributed by atoms with Gasteiger partial charge in [-0.05, 0) is 42.5 Å². The number of H-pyrrole nitrogens is 1. The van der Waals surface area contributed by atoms with Gasteiger partial charge in [-0.1, -0.05) is 0 Å². The number of imide groups is 1. The third-order valence-corrected chi connectivity index (χ3v) is 5.55. The van der Waals surface area contributed by atoms with E-state index in [4.69, 9.17) is 0 Å². The molecule has 2 amide bonds. The average Bonchev–Trinajstić information content (AvgIpc) is 3.20. The van der Waals surface area contributed by atoms with Crippen LogP contribution in [0.15, 0.2) is 53.6 Å². The van der Waals surface area contributed by atoms with Gasteiger partial charge in [-0.15, -0.1) is 0 Å². The monoisotopic (exact) mass is 370 g/mol. The Kier molecular flexibility index (Phi) is 3.73. The van der Waals surface area contributed by atoms with E-state index in [0.29, 0.717) is 16.9 Å². The third kappa shape index (κ3) is 2.82. The topological polar surface area (TPSA) is 112 Å². The van der Waals surface area contributed by atoms with Crippen molar-refractivity contribution in [1.29, 1.82) is 0 Å². The summed E-state index contributed by atoms with van der Waals surface area (Å²) in [5.74, 6) is -0.562. The minimum Gasteiger partial charge on any atom is -0.280 e. The smallest absolute Gasteiger partial charge is 0.261 e. The fourth-order valence-corrected chi connectivity index (χ4v) is 3.90. The summed E-state index contributed by atoms with van der Waals surface area (Å²) in [6.07, 6.45) is 2.00. The molecule has 1 saturated heterocycles. The molecule has 0 unspecified atom stereocenters. The van der Waals surface area contributed by atoms with Crippen LogP contribution in [-0.4, -0.2) is 30.4 Å². The molecule has 2 heterocycles. The third-order valence-electron chi connectivity index (χ3n) is 4.15. The first-order chi connectivity index (χ1) is 12.4. The highest BCUT2D eigenvalue weighted by Crippen LogP contribution is 2.25. The van der Waals surface area contributed by atoms with Crippen molar-refractivity contribution in [3.8, 4) is 0 Å². The number of hydrogen-bond acceptors (Lipinski definition) is 5. The van der Waals surface area contributed by atoms with Crippen LogP contribution in [0.5, 0.6) is 0 Å². The summed E-state index contributed by atoms with van der Waals surface area (Å²) in [6, 6.07) is 10.7.